The summed E-state index contributed by atoms with van der Waals surface area (Å²) in [4.78, 5) is 40.5. The van der Waals surface area contributed by atoms with Gasteiger partial charge in [0.1, 0.15) is 6.04 Å². The second-order valence-corrected chi connectivity index (χ2v) is 5.60. The number of rotatable bonds is 5. The summed E-state index contributed by atoms with van der Waals surface area (Å²) in [6.07, 6.45) is 0.232. The summed E-state index contributed by atoms with van der Waals surface area (Å²) in [5.41, 5.74) is 0.796. The predicted octanol–water partition coefficient (Wildman–Crippen LogP) is 0.178. The van der Waals surface area contributed by atoms with E-state index in [0.717, 1.165) is 0 Å². The maximum absolute atomic E-state index is 12.2. The summed E-state index contributed by atoms with van der Waals surface area (Å²) in [7, 11) is 0. The van der Waals surface area contributed by atoms with Crippen LogP contribution in [0, 0.1) is 6.92 Å². The lowest BCUT2D eigenvalue weighted by Crippen LogP contribution is -2.44. The van der Waals surface area contributed by atoms with Gasteiger partial charge in [0, 0.05) is 13.0 Å². The molecular formula is C16H17N5O4. The first kappa shape index (κ1) is 16.6. The normalized spacial score (nSPS) is 16.4. The van der Waals surface area contributed by atoms with Crippen LogP contribution in [0.4, 0.5) is 5.69 Å². The molecule has 1 aromatic heterocycles. The Hall–Kier alpha value is -3.23. The Morgan fingerprint density at radius 1 is 1.32 bits per heavy atom. The Morgan fingerprint density at radius 2 is 2.12 bits per heavy atom. The van der Waals surface area contributed by atoms with E-state index in [0.29, 0.717) is 35.9 Å². The number of carbonyl (C=O) groups excluding carboxylic acids is 3. The average molecular weight is 343 g/mol. The zero-order chi connectivity index (χ0) is 17.8. The molecule has 1 aromatic carbocycles. The standard InChI is InChI=1S/C16H17N5O4/c1-9-18-14(25-21-9)6-7-17-13(22)8-12-16(24)19-11-5-3-2-4-10(11)15(23)20-12/h2-5,12H,6-8H2,1H3,(H,17,22)(H,19,24)(H,20,23)/t12-/m1/s1. The molecule has 3 rings (SSSR count). The van der Waals surface area contributed by atoms with Crippen LogP contribution in [0.25, 0.3) is 0 Å². The van der Waals surface area contributed by atoms with Gasteiger partial charge in [-0.2, -0.15) is 4.98 Å². The highest BCUT2D eigenvalue weighted by Gasteiger charge is 2.29. The van der Waals surface area contributed by atoms with Crippen LogP contribution in [0.15, 0.2) is 28.8 Å². The lowest BCUT2D eigenvalue weighted by atomic mass is 10.1. The highest BCUT2D eigenvalue weighted by atomic mass is 16.5. The summed E-state index contributed by atoms with van der Waals surface area (Å²) in [6.45, 7) is 2.00. The number of hydrogen-bond acceptors (Lipinski definition) is 6. The van der Waals surface area contributed by atoms with Crippen LogP contribution < -0.4 is 16.0 Å². The van der Waals surface area contributed by atoms with E-state index in [-0.39, 0.29) is 12.3 Å². The fourth-order valence-electron chi connectivity index (χ4n) is 2.46. The van der Waals surface area contributed by atoms with Crippen molar-refractivity contribution in [3.05, 3.63) is 41.5 Å². The zero-order valence-corrected chi connectivity index (χ0v) is 13.5. The smallest absolute Gasteiger partial charge is 0.254 e. The number of benzene rings is 1. The third kappa shape index (κ3) is 4.00. The first-order valence-corrected chi connectivity index (χ1v) is 7.79. The summed E-state index contributed by atoms with van der Waals surface area (Å²) < 4.78 is 4.95. The van der Waals surface area contributed by atoms with Crippen molar-refractivity contribution in [1.82, 2.24) is 20.8 Å². The molecule has 25 heavy (non-hydrogen) atoms. The molecule has 0 unspecified atom stereocenters. The largest absolute Gasteiger partial charge is 0.356 e. The van der Waals surface area contributed by atoms with Gasteiger partial charge in [-0.25, -0.2) is 0 Å². The van der Waals surface area contributed by atoms with Gasteiger partial charge in [0.05, 0.1) is 17.7 Å². The number of nitrogens with zero attached hydrogens (tertiary/aromatic N) is 2. The van der Waals surface area contributed by atoms with E-state index in [4.69, 9.17) is 4.52 Å². The molecule has 0 spiro atoms. The van der Waals surface area contributed by atoms with Gasteiger partial charge in [-0.05, 0) is 19.1 Å². The number of para-hydroxylation sites is 1. The summed E-state index contributed by atoms with van der Waals surface area (Å²) in [6, 6.07) is 5.74. The zero-order valence-electron chi connectivity index (χ0n) is 13.5. The van der Waals surface area contributed by atoms with E-state index in [1.165, 1.54) is 0 Å². The number of amides is 3. The Labute approximate surface area is 143 Å². The number of aryl methyl sites for hydroxylation is 1. The van der Waals surface area contributed by atoms with Gasteiger partial charge < -0.3 is 20.5 Å². The third-order valence-electron chi connectivity index (χ3n) is 3.67. The monoisotopic (exact) mass is 343 g/mol. The molecule has 3 amide bonds. The molecule has 0 radical (unpaired) electrons. The van der Waals surface area contributed by atoms with Crippen LogP contribution in [-0.2, 0) is 16.0 Å². The molecule has 0 aliphatic carbocycles. The summed E-state index contributed by atoms with van der Waals surface area (Å²) in [5, 5.41) is 11.6. The van der Waals surface area contributed by atoms with Crippen molar-refractivity contribution in [3.63, 3.8) is 0 Å². The minimum atomic E-state index is -0.939. The van der Waals surface area contributed by atoms with Gasteiger partial charge in [0.25, 0.3) is 5.91 Å². The van der Waals surface area contributed by atoms with Crippen molar-refractivity contribution in [2.75, 3.05) is 11.9 Å². The van der Waals surface area contributed by atoms with Gasteiger partial charge in [0.15, 0.2) is 5.82 Å². The van der Waals surface area contributed by atoms with Crippen LogP contribution >= 0.6 is 0 Å². The topological polar surface area (TPSA) is 126 Å². The molecule has 9 nitrogen and oxygen atoms in total. The van der Waals surface area contributed by atoms with Crippen LogP contribution in [0.5, 0.6) is 0 Å². The van der Waals surface area contributed by atoms with E-state index in [1.54, 1.807) is 31.2 Å². The lowest BCUT2D eigenvalue weighted by Gasteiger charge is -2.14. The number of aromatic nitrogens is 2. The fourth-order valence-corrected chi connectivity index (χ4v) is 2.46. The molecule has 0 fully saturated rings. The van der Waals surface area contributed by atoms with Crippen molar-refractivity contribution in [1.29, 1.82) is 0 Å². The molecule has 130 valence electrons. The maximum Gasteiger partial charge on any atom is 0.254 e. The Bertz CT molecular complexity index is 816. The SMILES string of the molecule is Cc1noc(CCNC(=O)C[C@H]2NC(=O)c3ccccc3NC2=O)n1. The Balaban J connectivity index is 1.54. The van der Waals surface area contributed by atoms with Gasteiger partial charge in [0.2, 0.25) is 17.7 Å². The fraction of sp³-hybridized carbons (Fsp3) is 0.312. The second kappa shape index (κ2) is 7.12. The van der Waals surface area contributed by atoms with Crippen LogP contribution in [-0.4, -0.2) is 40.4 Å². The quantitative estimate of drug-likeness (QED) is 0.711. The molecule has 9 heteroatoms. The summed E-state index contributed by atoms with van der Waals surface area (Å²) in [5.74, 6) is -0.232. The summed E-state index contributed by atoms with van der Waals surface area (Å²) >= 11 is 0. The molecule has 0 bridgehead atoms. The molecule has 1 aliphatic rings. The number of anilines is 1. The minimum Gasteiger partial charge on any atom is -0.356 e. The Kier molecular flexibility index (Phi) is 4.73. The first-order valence-electron chi connectivity index (χ1n) is 7.79. The molecule has 1 aliphatic heterocycles. The highest BCUT2D eigenvalue weighted by Crippen LogP contribution is 2.18. The van der Waals surface area contributed by atoms with Crippen molar-refractivity contribution in [2.24, 2.45) is 0 Å². The van der Waals surface area contributed by atoms with Gasteiger partial charge in [-0.15, -0.1) is 0 Å². The van der Waals surface area contributed by atoms with Gasteiger partial charge in [-0.3, -0.25) is 14.4 Å². The molecular weight excluding hydrogens is 326 g/mol. The molecule has 0 saturated heterocycles. The van der Waals surface area contributed by atoms with E-state index in [1.807, 2.05) is 0 Å². The molecule has 3 N–H and O–H groups in total. The highest BCUT2D eigenvalue weighted by molar-refractivity contribution is 6.10. The third-order valence-corrected chi connectivity index (χ3v) is 3.67. The number of hydrogen-bond donors (Lipinski definition) is 3. The molecule has 0 saturated carbocycles. The average Bonchev–Trinajstić information content (AvgIpc) is 2.95. The van der Waals surface area contributed by atoms with E-state index < -0.39 is 17.9 Å². The lowest BCUT2D eigenvalue weighted by molar-refractivity contribution is -0.125. The first-order chi connectivity index (χ1) is 12.0. The number of fused-ring (bicyclic) bond motifs is 1. The molecule has 2 heterocycles. The number of nitrogens with one attached hydrogen (secondary N) is 3. The van der Waals surface area contributed by atoms with Crippen molar-refractivity contribution >= 4 is 23.4 Å². The maximum atomic E-state index is 12.2. The van der Waals surface area contributed by atoms with E-state index >= 15 is 0 Å². The molecule has 1 atom stereocenters. The van der Waals surface area contributed by atoms with Gasteiger partial charge >= 0.3 is 0 Å². The van der Waals surface area contributed by atoms with E-state index in [9.17, 15) is 14.4 Å². The van der Waals surface area contributed by atoms with Gasteiger partial charge in [-0.1, -0.05) is 17.3 Å². The van der Waals surface area contributed by atoms with Crippen molar-refractivity contribution in [2.45, 2.75) is 25.8 Å². The second-order valence-electron chi connectivity index (χ2n) is 5.60. The minimum absolute atomic E-state index is 0.158. The van der Waals surface area contributed by atoms with Crippen LogP contribution in [0.2, 0.25) is 0 Å². The van der Waals surface area contributed by atoms with Crippen molar-refractivity contribution < 1.29 is 18.9 Å². The Morgan fingerprint density at radius 3 is 2.88 bits per heavy atom. The van der Waals surface area contributed by atoms with Crippen LogP contribution in [0.1, 0.15) is 28.5 Å². The molecule has 2 aromatic rings. The number of carbonyl (C=O) groups is 3. The predicted molar refractivity (Wildman–Crippen MR) is 86.7 cm³/mol. The van der Waals surface area contributed by atoms with Crippen LogP contribution in [0.3, 0.4) is 0 Å². The van der Waals surface area contributed by atoms with Crippen molar-refractivity contribution in [3.8, 4) is 0 Å². The van der Waals surface area contributed by atoms with E-state index in [2.05, 4.69) is 26.1 Å².